The van der Waals surface area contributed by atoms with Gasteiger partial charge in [-0.25, -0.2) is 4.79 Å². The van der Waals surface area contributed by atoms with Crippen molar-refractivity contribution in [1.29, 1.82) is 0 Å². The van der Waals surface area contributed by atoms with Crippen LogP contribution in [0.5, 0.6) is 0 Å². The van der Waals surface area contributed by atoms with Crippen LogP contribution in [0.1, 0.15) is 97.6 Å². The topological polar surface area (TPSA) is 361 Å². The highest BCUT2D eigenvalue weighted by molar-refractivity contribution is 5.98. The van der Waals surface area contributed by atoms with E-state index in [0.29, 0.717) is 12.0 Å². The third-order valence-corrected chi connectivity index (χ3v) is 11.8. The number of nitrogens with zero attached hydrogens (tertiary/aromatic N) is 1. The quantitative estimate of drug-likeness (QED) is 0.0250. The zero-order valence-corrected chi connectivity index (χ0v) is 41.1. The summed E-state index contributed by atoms with van der Waals surface area (Å²) in [7, 11) is 0. The average molecular weight is 975 g/mol. The lowest BCUT2D eigenvalue weighted by molar-refractivity contribution is -0.142. The molecule has 8 atom stereocenters. The van der Waals surface area contributed by atoms with Crippen LogP contribution in [-0.4, -0.2) is 112 Å². The molecule has 0 unspecified atom stereocenters. The van der Waals surface area contributed by atoms with E-state index in [4.69, 9.17) is 22.9 Å². The highest BCUT2D eigenvalue weighted by Crippen LogP contribution is 2.20. The Balaban J connectivity index is 1.96. The van der Waals surface area contributed by atoms with Crippen molar-refractivity contribution in [2.45, 2.75) is 142 Å². The summed E-state index contributed by atoms with van der Waals surface area (Å²) in [6.45, 7) is 11.2. The molecule has 21 nitrogen and oxygen atoms in total. The van der Waals surface area contributed by atoms with Gasteiger partial charge >= 0.3 is 5.97 Å². The first kappa shape index (κ1) is 57.3. The average Bonchev–Trinajstić information content (AvgIpc) is 3.71. The number of carbonyl (C=O) groups is 8. The Labute approximate surface area is 409 Å². The molecule has 0 aliphatic heterocycles. The number of aliphatic imine (C=N–C) groups is 1. The molecule has 0 fully saturated rings. The van der Waals surface area contributed by atoms with Crippen LogP contribution in [0, 0.1) is 17.8 Å². The van der Waals surface area contributed by atoms with Gasteiger partial charge in [0.05, 0.1) is 6.04 Å². The molecule has 0 bridgehead atoms. The number of carboxylic acids is 1. The van der Waals surface area contributed by atoms with Gasteiger partial charge in [0.25, 0.3) is 0 Å². The van der Waals surface area contributed by atoms with Crippen molar-refractivity contribution in [2.24, 2.45) is 45.7 Å². The number of amides is 7. The Morgan fingerprint density at radius 3 is 1.64 bits per heavy atom. The standard InChI is InChI=1S/C49H74N12O9/c1-7-29(6)41(51)47(68)61-38(24-30-14-9-8-10-15-30)45(66)59-36(22-27(2)3)43(64)58-37(23-28(4)5)44(65)60-39(25-31-26-55-33-17-12-11-16-32(31)33)46(67)56-34(19-20-40(50)62)42(63)57-35(48(69)70)18-13-21-54-49(52)53/h8-12,14-17,26-29,34-39,41,55H,7,13,18-25,51H2,1-6H3,(H2,50,62)(H,56,67)(H,57,63)(H,58,64)(H,59,66)(H,60,65)(H,61,68)(H,69,70)(H4,52,53,54)/t29-,34-,35-,36-,37-,38-,39-,41-/m0/s1. The molecule has 0 saturated heterocycles. The van der Waals surface area contributed by atoms with E-state index in [2.05, 4.69) is 41.9 Å². The fourth-order valence-electron chi connectivity index (χ4n) is 7.65. The van der Waals surface area contributed by atoms with Gasteiger partial charge in [-0.2, -0.15) is 0 Å². The first-order chi connectivity index (χ1) is 33.1. The van der Waals surface area contributed by atoms with Crippen molar-refractivity contribution < 1.29 is 43.5 Å². The van der Waals surface area contributed by atoms with Crippen LogP contribution >= 0.6 is 0 Å². The maximum Gasteiger partial charge on any atom is 0.326 e. The second-order valence-electron chi connectivity index (χ2n) is 18.6. The van der Waals surface area contributed by atoms with Crippen molar-refractivity contribution in [3.63, 3.8) is 0 Å². The zero-order chi connectivity index (χ0) is 52.1. The number of aromatic nitrogens is 1. The summed E-state index contributed by atoms with van der Waals surface area (Å²) in [5.74, 6) is -7.17. The third kappa shape index (κ3) is 19.2. The predicted molar refractivity (Wildman–Crippen MR) is 266 cm³/mol. The van der Waals surface area contributed by atoms with Crippen LogP contribution < -0.4 is 54.8 Å². The largest absolute Gasteiger partial charge is 0.480 e. The number of hydrogen-bond acceptors (Lipinski definition) is 10. The van der Waals surface area contributed by atoms with E-state index in [1.165, 1.54) is 0 Å². The van der Waals surface area contributed by atoms with Crippen LogP contribution in [0.2, 0.25) is 0 Å². The number of para-hydroxylation sites is 1. The van der Waals surface area contributed by atoms with E-state index in [0.717, 1.165) is 16.5 Å². The fourth-order valence-corrected chi connectivity index (χ4v) is 7.65. The molecular weight excluding hydrogens is 901 g/mol. The molecule has 1 aromatic heterocycles. The summed E-state index contributed by atoms with van der Waals surface area (Å²) < 4.78 is 0. The van der Waals surface area contributed by atoms with Crippen molar-refractivity contribution >= 4 is 64.2 Å². The highest BCUT2D eigenvalue weighted by Gasteiger charge is 2.35. The minimum atomic E-state index is -1.48. The highest BCUT2D eigenvalue weighted by atomic mass is 16.4. The van der Waals surface area contributed by atoms with Crippen molar-refractivity contribution in [2.75, 3.05) is 6.54 Å². The Kier molecular flexibility index (Phi) is 23.3. The number of aliphatic carboxylic acids is 1. The summed E-state index contributed by atoms with van der Waals surface area (Å²) in [6, 6.07) is 7.64. The molecule has 2 aromatic carbocycles. The Bertz CT molecular complexity index is 2260. The van der Waals surface area contributed by atoms with Gasteiger partial charge in [-0.1, -0.05) is 96.5 Å². The Morgan fingerprint density at radius 1 is 0.614 bits per heavy atom. The predicted octanol–water partition coefficient (Wildman–Crippen LogP) is 0.731. The number of nitrogens with two attached hydrogens (primary N) is 4. The third-order valence-electron chi connectivity index (χ3n) is 11.8. The molecule has 7 amide bonds. The van der Waals surface area contributed by atoms with E-state index >= 15 is 0 Å². The van der Waals surface area contributed by atoms with Crippen LogP contribution in [0.25, 0.3) is 10.9 Å². The summed E-state index contributed by atoms with van der Waals surface area (Å²) in [5.41, 5.74) is 24.5. The molecule has 384 valence electrons. The van der Waals surface area contributed by atoms with E-state index in [1.54, 1.807) is 24.4 Å². The first-order valence-electron chi connectivity index (χ1n) is 23.8. The maximum atomic E-state index is 14.5. The minimum Gasteiger partial charge on any atom is -0.480 e. The van der Waals surface area contributed by atoms with Crippen molar-refractivity contribution in [3.8, 4) is 0 Å². The normalized spacial score (nSPS) is 14.7. The van der Waals surface area contributed by atoms with Gasteiger partial charge in [0, 0.05) is 42.9 Å². The lowest BCUT2D eigenvalue weighted by atomic mass is 9.97. The smallest absolute Gasteiger partial charge is 0.326 e. The molecule has 0 radical (unpaired) electrons. The van der Waals surface area contributed by atoms with Crippen molar-refractivity contribution in [1.82, 2.24) is 36.9 Å². The van der Waals surface area contributed by atoms with Gasteiger partial charge in [0.2, 0.25) is 41.4 Å². The molecule has 16 N–H and O–H groups in total. The second kappa shape index (κ2) is 28.5. The van der Waals surface area contributed by atoms with E-state index < -0.39 is 89.6 Å². The lowest BCUT2D eigenvalue weighted by Gasteiger charge is -2.29. The van der Waals surface area contributed by atoms with Crippen LogP contribution in [0.3, 0.4) is 0 Å². The van der Waals surface area contributed by atoms with Gasteiger partial charge in [0.1, 0.15) is 36.3 Å². The summed E-state index contributed by atoms with van der Waals surface area (Å²) >= 11 is 0. The number of benzene rings is 2. The summed E-state index contributed by atoms with van der Waals surface area (Å²) in [6.07, 6.45) is 2.00. The minimum absolute atomic E-state index is 0.0732. The first-order valence-corrected chi connectivity index (χ1v) is 23.8. The van der Waals surface area contributed by atoms with Gasteiger partial charge < -0.3 is 64.9 Å². The fraction of sp³-hybridized carbons (Fsp3) is 0.531. The van der Waals surface area contributed by atoms with Crippen LogP contribution in [0.15, 0.2) is 65.8 Å². The van der Waals surface area contributed by atoms with E-state index in [9.17, 15) is 43.5 Å². The summed E-state index contributed by atoms with van der Waals surface area (Å²) in [4.78, 5) is 115. The number of H-pyrrole nitrogens is 1. The van der Waals surface area contributed by atoms with Gasteiger partial charge in [-0.3, -0.25) is 38.6 Å². The molecule has 1 heterocycles. The number of rotatable bonds is 30. The van der Waals surface area contributed by atoms with Crippen molar-refractivity contribution in [3.05, 3.63) is 71.9 Å². The number of fused-ring (bicyclic) bond motifs is 1. The number of carboxylic acid groups (broad SMARTS) is 1. The van der Waals surface area contributed by atoms with Crippen LogP contribution in [-0.2, 0) is 51.2 Å². The molecule has 0 aliphatic rings. The Morgan fingerprint density at radius 2 is 1.10 bits per heavy atom. The number of aromatic amines is 1. The summed E-state index contributed by atoms with van der Waals surface area (Å²) in [5, 5.41) is 26.8. The lowest BCUT2D eigenvalue weighted by Crippen LogP contribution is -2.60. The number of primary amides is 1. The molecule has 21 heteroatoms. The molecule has 70 heavy (non-hydrogen) atoms. The Hall–Kier alpha value is -7.03. The number of hydrogen-bond donors (Lipinski definition) is 12. The number of carbonyl (C=O) groups excluding carboxylic acids is 7. The van der Waals surface area contributed by atoms with E-state index in [-0.39, 0.29) is 81.6 Å². The maximum absolute atomic E-state index is 14.5. The molecule has 0 spiro atoms. The monoisotopic (exact) mass is 975 g/mol. The number of nitrogens with one attached hydrogen (secondary N) is 7. The molecule has 3 rings (SSSR count). The SMILES string of the molecule is CC[C@H](C)[C@H](N)C(=O)N[C@@H](Cc1ccccc1)C(=O)N[C@@H](CC(C)C)C(=O)N[C@@H](CC(C)C)C(=O)N[C@@H](Cc1c[nH]c2ccccc12)C(=O)N[C@@H](CCC(N)=O)C(=O)N[C@@H](CCCN=C(N)N)C(=O)O. The van der Waals surface area contributed by atoms with Gasteiger partial charge in [-0.15, -0.1) is 0 Å². The molecular formula is C49H74N12O9. The molecule has 0 saturated carbocycles. The van der Waals surface area contributed by atoms with E-state index in [1.807, 2.05) is 77.9 Å². The van der Waals surface area contributed by atoms with Gasteiger partial charge in [0.15, 0.2) is 5.96 Å². The van der Waals surface area contributed by atoms with Crippen LogP contribution in [0.4, 0.5) is 0 Å². The molecule has 3 aromatic rings. The molecule has 0 aliphatic carbocycles. The second-order valence-corrected chi connectivity index (χ2v) is 18.6. The zero-order valence-electron chi connectivity index (χ0n) is 41.1. The number of guanidine groups is 1. The van der Waals surface area contributed by atoms with Gasteiger partial charge in [-0.05, 0) is 67.1 Å².